The van der Waals surface area contributed by atoms with Crippen LogP contribution in [0.5, 0.6) is 0 Å². The first kappa shape index (κ1) is 17.3. The zero-order valence-corrected chi connectivity index (χ0v) is 14.7. The number of pyridine rings is 1. The lowest BCUT2D eigenvalue weighted by Gasteiger charge is -2.33. The molecule has 0 aliphatic carbocycles. The molecule has 0 bridgehead atoms. The number of carbonyl (C=O) groups is 1. The first-order valence-corrected chi connectivity index (χ1v) is 8.60. The molecule has 1 fully saturated rings. The maximum absolute atomic E-state index is 11.4. The van der Waals surface area contributed by atoms with Crippen molar-refractivity contribution in [2.45, 2.75) is 39.2 Å². The highest BCUT2D eigenvalue weighted by atomic mass is 16.1. The van der Waals surface area contributed by atoms with E-state index in [1.165, 1.54) is 0 Å². The van der Waals surface area contributed by atoms with Crippen LogP contribution in [0.25, 0.3) is 0 Å². The standard InChI is InChI=1S/C18H24N6O/c1-12-6-5-8-16(20-12)22-17-10-13(2)21-18(23-17)14-7-3-4-9-24(14)11-15(19)25/h5-6,8,10,14H,3-4,7,9,11H2,1-2H3,(H2,19,25)(H,20,21,22,23). The smallest absolute Gasteiger partial charge is 0.231 e. The van der Waals surface area contributed by atoms with Crippen molar-refractivity contribution in [3.8, 4) is 0 Å². The molecule has 7 heteroatoms. The number of amides is 1. The minimum atomic E-state index is -0.318. The van der Waals surface area contributed by atoms with Crippen molar-refractivity contribution in [3.63, 3.8) is 0 Å². The Bertz CT molecular complexity index is 763. The predicted octanol–water partition coefficient (Wildman–Crippen LogP) is 2.24. The van der Waals surface area contributed by atoms with Crippen molar-refractivity contribution in [1.82, 2.24) is 19.9 Å². The Hall–Kier alpha value is -2.54. The molecule has 1 saturated heterocycles. The third-order valence-corrected chi connectivity index (χ3v) is 4.29. The lowest BCUT2D eigenvalue weighted by atomic mass is 10.0. The minimum absolute atomic E-state index is 0.0205. The van der Waals surface area contributed by atoms with Gasteiger partial charge in [0.1, 0.15) is 17.5 Å². The SMILES string of the molecule is Cc1cccc(Nc2cc(C)nc(C3CCCCN3CC(N)=O)n2)n1. The predicted molar refractivity (Wildman–Crippen MR) is 96.4 cm³/mol. The number of anilines is 2. The lowest BCUT2D eigenvalue weighted by molar-refractivity contribution is -0.120. The molecule has 1 aliphatic rings. The number of nitrogens with zero attached hydrogens (tertiary/aromatic N) is 4. The van der Waals surface area contributed by atoms with Crippen molar-refractivity contribution in [2.24, 2.45) is 5.73 Å². The van der Waals surface area contributed by atoms with E-state index in [4.69, 9.17) is 5.73 Å². The van der Waals surface area contributed by atoms with Crippen LogP contribution < -0.4 is 11.1 Å². The van der Waals surface area contributed by atoms with E-state index in [0.29, 0.717) is 5.82 Å². The molecule has 0 saturated carbocycles. The summed E-state index contributed by atoms with van der Waals surface area (Å²) in [6.45, 7) is 4.98. The fourth-order valence-electron chi connectivity index (χ4n) is 3.22. The van der Waals surface area contributed by atoms with Gasteiger partial charge >= 0.3 is 0 Å². The molecule has 3 N–H and O–H groups in total. The van der Waals surface area contributed by atoms with E-state index in [9.17, 15) is 4.79 Å². The Morgan fingerprint density at radius 1 is 1.20 bits per heavy atom. The second kappa shape index (κ2) is 7.57. The highest BCUT2D eigenvalue weighted by Gasteiger charge is 2.27. The van der Waals surface area contributed by atoms with Crippen LogP contribution in [-0.2, 0) is 4.79 Å². The van der Waals surface area contributed by atoms with Crippen LogP contribution in [0, 0.1) is 13.8 Å². The molecule has 3 rings (SSSR count). The summed E-state index contributed by atoms with van der Waals surface area (Å²) in [5, 5.41) is 3.25. The second-order valence-electron chi connectivity index (χ2n) is 6.49. The normalized spacial score (nSPS) is 18.1. The van der Waals surface area contributed by atoms with Gasteiger partial charge in [0.25, 0.3) is 0 Å². The number of carbonyl (C=O) groups excluding carboxylic acids is 1. The van der Waals surface area contributed by atoms with Crippen LogP contribution in [0.4, 0.5) is 11.6 Å². The Labute approximate surface area is 147 Å². The maximum Gasteiger partial charge on any atom is 0.231 e. The van der Waals surface area contributed by atoms with Gasteiger partial charge in [-0.3, -0.25) is 9.69 Å². The van der Waals surface area contributed by atoms with E-state index in [1.54, 1.807) is 0 Å². The number of piperidine rings is 1. The molecule has 25 heavy (non-hydrogen) atoms. The van der Waals surface area contributed by atoms with Crippen LogP contribution in [0.2, 0.25) is 0 Å². The van der Waals surface area contributed by atoms with E-state index in [-0.39, 0.29) is 18.5 Å². The molecule has 3 heterocycles. The van der Waals surface area contributed by atoms with Crippen molar-refractivity contribution < 1.29 is 4.79 Å². The van der Waals surface area contributed by atoms with Gasteiger partial charge in [0.15, 0.2) is 0 Å². The van der Waals surface area contributed by atoms with Crippen LogP contribution >= 0.6 is 0 Å². The van der Waals surface area contributed by atoms with Crippen molar-refractivity contribution in [2.75, 3.05) is 18.4 Å². The van der Waals surface area contributed by atoms with Crippen LogP contribution in [-0.4, -0.2) is 38.8 Å². The average molecular weight is 340 g/mol. The molecule has 132 valence electrons. The van der Waals surface area contributed by atoms with Gasteiger partial charge in [0.05, 0.1) is 12.6 Å². The number of likely N-dealkylation sites (tertiary alicyclic amines) is 1. The first-order chi connectivity index (χ1) is 12.0. The molecular formula is C18H24N6O. The van der Waals surface area contributed by atoms with Crippen molar-refractivity contribution in [3.05, 3.63) is 41.5 Å². The molecule has 2 aromatic heterocycles. The Morgan fingerprint density at radius 2 is 2.04 bits per heavy atom. The van der Waals surface area contributed by atoms with Crippen LogP contribution in [0.1, 0.15) is 42.5 Å². The average Bonchev–Trinajstić information content (AvgIpc) is 2.54. The summed E-state index contributed by atoms with van der Waals surface area (Å²) in [4.78, 5) is 27.2. The van der Waals surface area contributed by atoms with Gasteiger partial charge in [-0.15, -0.1) is 0 Å². The number of aryl methyl sites for hydroxylation is 2. The van der Waals surface area contributed by atoms with E-state index < -0.39 is 0 Å². The molecule has 1 atom stereocenters. The van der Waals surface area contributed by atoms with Gasteiger partial charge in [-0.25, -0.2) is 15.0 Å². The number of hydrogen-bond donors (Lipinski definition) is 2. The van der Waals surface area contributed by atoms with E-state index in [2.05, 4.69) is 25.2 Å². The molecule has 1 amide bonds. The number of aromatic nitrogens is 3. The number of rotatable bonds is 5. The van der Waals surface area contributed by atoms with E-state index in [0.717, 1.165) is 48.8 Å². The molecule has 1 unspecified atom stereocenters. The molecule has 1 aliphatic heterocycles. The maximum atomic E-state index is 11.4. The third kappa shape index (κ3) is 4.51. The number of hydrogen-bond acceptors (Lipinski definition) is 6. The summed E-state index contributed by atoms with van der Waals surface area (Å²) >= 11 is 0. The topological polar surface area (TPSA) is 97.0 Å². The fraction of sp³-hybridized carbons (Fsp3) is 0.444. The Morgan fingerprint density at radius 3 is 2.80 bits per heavy atom. The second-order valence-corrected chi connectivity index (χ2v) is 6.49. The first-order valence-electron chi connectivity index (χ1n) is 8.60. The highest BCUT2D eigenvalue weighted by molar-refractivity contribution is 5.76. The zero-order valence-electron chi connectivity index (χ0n) is 14.7. The molecule has 0 aromatic carbocycles. The van der Waals surface area contributed by atoms with E-state index >= 15 is 0 Å². The Balaban J connectivity index is 1.86. The molecule has 7 nitrogen and oxygen atoms in total. The summed E-state index contributed by atoms with van der Waals surface area (Å²) in [5.41, 5.74) is 7.22. The summed E-state index contributed by atoms with van der Waals surface area (Å²) in [7, 11) is 0. The number of primary amides is 1. The van der Waals surface area contributed by atoms with E-state index in [1.807, 2.05) is 38.1 Å². The molecule has 0 radical (unpaired) electrons. The molecule has 0 spiro atoms. The number of nitrogens with one attached hydrogen (secondary N) is 1. The van der Waals surface area contributed by atoms with Crippen molar-refractivity contribution in [1.29, 1.82) is 0 Å². The molecular weight excluding hydrogens is 316 g/mol. The largest absolute Gasteiger partial charge is 0.369 e. The van der Waals surface area contributed by atoms with Gasteiger partial charge in [0, 0.05) is 17.5 Å². The summed E-state index contributed by atoms with van der Waals surface area (Å²) in [6, 6.07) is 7.73. The minimum Gasteiger partial charge on any atom is -0.369 e. The summed E-state index contributed by atoms with van der Waals surface area (Å²) < 4.78 is 0. The quantitative estimate of drug-likeness (QED) is 0.866. The third-order valence-electron chi connectivity index (χ3n) is 4.29. The zero-order chi connectivity index (χ0) is 17.8. The van der Waals surface area contributed by atoms with Crippen LogP contribution in [0.3, 0.4) is 0 Å². The van der Waals surface area contributed by atoms with Gasteiger partial charge in [-0.2, -0.15) is 0 Å². The van der Waals surface area contributed by atoms with Gasteiger partial charge in [-0.05, 0) is 45.4 Å². The fourth-order valence-corrected chi connectivity index (χ4v) is 3.22. The summed E-state index contributed by atoms with van der Waals surface area (Å²) in [5.74, 6) is 1.88. The number of nitrogens with two attached hydrogens (primary N) is 1. The highest BCUT2D eigenvalue weighted by Crippen LogP contribution is 2.29. The van der Waals surface area contributed by atoms with Crippen LogP contribution in [0.15, 0.2) is 24.3 Å². The van der Waals surface area contributed by atoms with Crippen molar-refractivity contribution >= 4 is 17.5 Å². The lowest BCUT2D eigenvalue weighted by Crippen LogP contribution is -2.40. The van der Waals surface area contributed by atoms with Gasteiger partial charge < -0.3 is 11.1 Å². The summed E-state index contributed by atoms with van der Waals surface area (Å²) in [6.07, 6.45) is 3.09. The molecule has 2 aromatic rings. The Kier molecular flexibility index (Phi) is 5.23. The van der Waals surface area contributed by atoms with Gasteiger partial charge in [0.2, 0.25) is 5.91 Å². The monoisotopic (exact) mass is 340 g/mol. The van der Waals surface area contributed by atoms with Gasteiger partial charge in [-0.1, -0.05) is 12.5 Å².